The molecule has 0 saturated carbocycles. The van der Waals surface area contributed by atoms with Crippen molar-refractivity contribution >= 4 is 12.2 Å². The Morgan fingerprint density at radius 2 is 2.37 bits per heavy atom. The van der Waals surface area contributed by atoms with Crippen LogP contribution in [0.3, 0.4) is 0 Å². The molecular formula is C13H12FN3O2. The number of carbonyl (C=O) groups is 1. The van der Waals surface area contributed by atoms with Crippen molar-refractivity contribution < 1.29 is 13.9 Å². The van der Waals surface area contributed by atoms with Gasteiger partial charge in [0.2, 0.25) is 0 Å². The van der Waals surface area contributed by atoms with Gasteiger partial charge in [0.15, 0.2) is 5.82 Å². The fourth-order valence-corrected chi connectivity index (χ4v) is 1.43. The van der Waals surface area contributed by atoms with E-state index in [-0.39, 0.29) is 5.82 Å². The quantitative estimate of drug-likeness (QED) is 0.625. The van der Waals surface area contributed by atoms with Crippen molar-refractivity contribution in [1.82, 2.24) is 14.8 Å². The van der Waals surface area contributed by atoms with Crippen molar-refractivity contribution in [1.29, 1.82) is 0 Å². The van der Waals surface area contributed by atoms with Crippen LogP contribution < -0.4 is 0 Å². The van der Waals surface area contributed by atoms with Crippen molar-refractivity contribution in [2.75, 3.05) is 6.61 Å². The first kappa shape index (κ1) is 12.9. The number of aromatic nitrogens is 3. The van der Waals surface area contributed by atoms with Crippen molar-refractivity contribution in [3.8, 4) is 11.4 Å². The predicted molar refractivity (Wildman–Crippen MR) is 67.4 cm³/mol. The molecule has 0 fully saturated rings. The van der Waals surface area contributed by atoms with Gasteiger partial charge < -0.3 is 4.74 Å². The van der Waals surface area contributed by atoms with Gasteiger partial charge in [-0.05, 0) is 19.1 Å². The number of hydrogen-bond acceptors (Lipinski definition) is 4. The van der Waals surface area contributed by atoms with E-state index in [9.17, 15) is 9.18 Å². The van der Waals surface area contributed by atoms with Crippen LogP contribution in [-0.4, -0.2) is 27.3 Å². The maximum atomic E-state index is 13.1. The molecule has 6 heteroatoms. The van der Waals surface area contributed by atoms with Gasteiger partial charge in [0, 0.05) is 17.8 Å². The Morgan fingerprint density at radius 3 is 3.11 bits per heavy atom. The summed E-state index contributed by atoms with van der Waals surface area (Å²) < 4.78 is 19.2. The second-order valence-electron chi connectivity index (χ2n) is 3.63. The van der Waals surface area contributed by atoms with Crippen LogP contribution in [0.25, 0.3) is 17.6 Å². The van der Waals surface area contributed by atoms with Crippen molar-refractivity contribution in [2.24, 2.45) is 0 Å². The molecule has 0 N–H and O–H groups in total. The summed E-state index contributed by atoms with van der Waals surface area (Å²) in [5, 5.41) is 4.10. The molecule has 1 aromatic heterocycles. The largest absolute Gasteiger partial charge is 0.463 e. The summed E-state index contributed by atoms with van der Waals surface area (Å²) >= 11 is 0. The standard InChI is InChI=1S/C13H12FN3O2/c1-2-19-12(18)6-7-17-9-15-13(16-17)10-4-3-5-11(14)8-10/h3-9H,2H2,1H3/b7-6+. The van der Waals surface area contributed by atoms with Gasteiger partial charge in [-0.2, -0.15) is 0 Å². The molecule has 1 heterocycles. The SMILES string of the molecule is CCOC(=O)/C=C/n1cnc(-c2cccc(F)c2)n1. The Bertz CT molecular complexity index is 607. The predicted octanol–water partition coefficient (Wildman–Crippen LogP) is 2.12. The van der Waals surface area contributed by atoms with Gasteiger partial charge in [0.05, 0.1) is 6.61 Å². The van der Waals surface area contributed by atoms with Gasteiger partial charge in [-0.1, -0.05) is 12.1 Å². The normalized spacial score (nSPS) is 10.8. The molecule has 0 atom stereocenters. The van der Waals surface area contributed by atoms with E-state index in [1.54, 1.807) is 19.1 Å². The average Bonchev–Trinajstić information content (AvgIpc) is 2.85. The Balaban J connectivity index is 2.13. The molecule has 1 aromatic carbocycles. The summed E-state index contributed by atoms with van der Waals surface area (Å²) in [6, 6.07) is 5.98. The van der Waals surface area contributed by atoms with Gasteiger partial charge in [-0.25, -0.2) is 18.9 Å². The number of rotatable bonds is 4. The van der Waals surface area contributed by atoms with Gasteiger partial charge in [-0.15, -0.1) is 5.10 Å². The van der Waals surface area contributed by atoms with Crippen LogP contribution in [0.5, 0.6) is 0 Å². The molecule has 0 amide bonds. The summed E-state index contributed by atoms with van der Waals surface area (Å²) in [4.78, 5) is 15.2. The van der Waals surface area contributed by atoms with E-state index in [4.69, 9.17) is 4.74 Å². The highest BCUT2D eigenvalue weighted by atomic mass is 19.1. The van der Waals surface area contributed by atoms with Crippen LogP contribution in [0.15, 0.2) is 36.7 Å². The number of nitrogens with zero attached hydrogens (tertiary/aromatic N) is 3. The number of carbonyl (C=O) groups excluding carboxylic acids is 1. The zero-order valence-corrected chi connectivity index (χ0v) is 10.3. The highest BCUT2D eigenvalue weighted by Crippen LogP contribution is 2.15. The lowest BCUT2D eigenvalue weighted by Crippen LogP contribution is -2.00. The Morgan fingerprint density at radius 1 is 1.53 bits per heavy atom. The van der Waals surface area contributed by atoms with Crippen LogP contribution >= 0.6 is 0 Å². The Labute approximate surface area is 109 Å². The summed E-state index contributed by atoms with van der Waals surface area (Å²) in [6.45, 7) is 2.04. The minimum absolute atomic E-state index is 0.315. The van der Waals surface area contributed by atoms with E-state index in [0.29, 0.717) is 18.0 Å². The van der Waals surface area contributed by atoms with Crippen molar-refractivity contribution in [2.45, 2.75) is 6.92 Å². The van der Waals surface area contributed by atoms with Gasteiger partial charge in [0.25, 0.3) is 0 Å². The fraction of sp³-hybridized carbons (Fsp3) is 0.154. The lowest BCUT2D eigenvalue weighted by Gasteiger charge is -1.95. The molecule has 0 radical (unpaired) electrons. The first-order valence-corrected chi connectivity index (χ1v) is 5.71. The first-order valence-electron chi connectivity index (χ1n) is 5.71. The molecule has 2 rings (SSSR count). The molecule has 19 heavy (non-hydrogen) atoms. The van der Waals surface area contributed by atoms with Crippen LogP contribution in [-0.2, 0) is 9.53 Å². The fourth-order valence-electron chi connectivity index (χ4n) is 1.43. The van der Waals surface area contributed by atoms with E-state index in [1.807, 2.05) is 0 Å². The summed E-state index contributed by atoms with van der Waals surface area (Å²) in [5.41, 5.74) is 0.572. The highest BCUT2D eigenvalue weighted by molar-refractivity contribution is 5.84. The van der Waals surface area contributed by atoms with E-state index in [2.05, 4.69) is 10.1 Å². The van der Waals surface area contributed by atoms with Crippen LogP contribution in [0.1, 0.15) is 6.92 Å². The third-order valence-corrected chi connectivity index (χ3v) is 2.24. The first-order chi connectivity index (χ1) is 9.19. The third-order valence-electron chi connectivity index (χ3n) is 2.24. The molecule has 0 aliphatic heterocycles. The molecule has 0 aliphatic rings. The molecule has 0 aliphatic carbocycles. The van der Waals surface area contributed by atoms with Gasteiger partial charge in [0.1, 0.15) is 12.1 Å². The van der Waals surface area contributed by atoms with Crippen molar-refractivity contribution in [3.63, 3.8) is 0 Å². The van der Waals surface area contributed by atoms with E-state index >= 15 is 0 Å². The second kappa shape index (κ2) is 5.90. The number of halogens is 1. The van der Waals surface area contributed by atoms with Crippen LogP contribution in [0.2, 0.25) is 0 Å². The number of hydrogen-bond donors (Lipinski definition) is 0. The topological polar surface area (TPSA) is 57.0 Å². The van der Waals surface area contributed by atoms with Gasteiger partial charge in [-0.3, -0.25) is 0 Å². The number of esters is 1. The molecule has 98 valence electrons. The van der Waals surface area contributed by atoms with E-state index in [0.717, 1.165) is 0 Å². The van der Waals surface area contributed by atoms with Crippen LogP contribution in [0.4, 0.5) is 4.39 Å². The van der Waals surface area contributed by atoms with E-state index < -0.39 is 5.97 Å². The molecule has 0 unspecified atom stereocenters. The van der Waals surface area contributed by atoms with Crippen LogP contribution in [0, 0.1) is 5.82 Å². The van der Waals surface area contributed by atoms with Crippen molar-refractivity contribution in [3.05, 3.63) is 42.5 Å². The molecule has 2 aromatic rings. The molecule has 0 spiro atoms. The summed E-state index contributed by atoms with van der Waals surface area (Å²) in [7, 11) is 0. The molecule has 0 bridgehead atoms. The molecule has 0 saturated heterocycles. The third kappa shape index (κ3) is 3.48. The lowest BCUT2D eigenvalue weighted by molar-refractivity contribution is -0.137. The second-order valence-corrected chi connectivity index (χ2v) is 3.63. The number of ether oxygens (including phenoxy) is 1. The minimum Gasteiger partial charge on any atom is -0.463 e. The summed E-state index contributed by atoms with van der Waals surface area (Å²) in [5.74, 6) is -0.422. The lowest BCUT2D eigenvalue weighted by atomic mass is 10.2. The highest BCUT2D eigenvalue weighted by Gasteiger charge is 2.04. The van der Waals surface area contributed by atoms with E-state index in [1.165, 1.54) is 35.4 Å². The number of benzene rings is 1. The Hall–Kier alpha value is -2.50. The molecular weight excluding hydrogens is 249 g/mol. The smallest absolute Gasteiger partial charge is 0.332 e. The zero-order valence-electron chi connectivity index (χ0n) is 10.3. The van der Waals surface area contributed by atoms with Gasteiger partial charge >= 0.3 is 5.97 Å². The maximum Gasteiger partial charge on any atom is 0.332 e. The maximum absolute atomic E-state index is 13.1. The minimum atomic E-state index is -0.453. The zero-order chi connectivity index (χ0) is 13.7. The summed E-state index contributed by atoms with van der Waals surface area (Å²) in [6.07, 6.45) is 4.09. The molecule has 5 nitrogen and oxygen atoms in total. The Kier molecular flexibility index (Phi) is 4.02. The average molecular weight is 261 g/mol. The monoisotopic (exact) mass is 261 g/mol.